The SMILES string of the molecule is COCc1nn2c(nnc3c(=O)n(CCN(C)C)ccc32)c1-c1ccc(Cl)cc1. The molecule has 8 nitrogen and oxygen atoms in total. The van der Waals surface area contributed by atoms with E-state index >= 15 is 0 Å². The van der Waals surface area contributed by atoms with Crippen LogP contribution in [0.15, 0.2) is 41.3 Å². The molecule has 150 valence electrons. The van der Waals surface area contributed by atoms with E-state index in [2.05, 4.69) is 15.3 Å². The Kier molecular flexibility index (Phi) is 5.31. The Morgan fingerprint density at radius 2 is 1.90 bits per heavy atom. The molecule has 0 saturated heterocycles. The van der Waals surface area contributed by atoms with Crippen molar-refractivity contribution in [3.8, 4) is 11.1 Å². The zero-order valence-corrected chi connectivity index (χ0v) is 17.2. The highest BCUT2D eigenvalue weighted by molar-refractivity contribution is 6.30. The Balaban J connectivity index is 1.92. The van der Waals surface area contributed by atoms with E-state index in [0.717, 1.165) is 17.7 Å². The van der Waals surface area contributed by atoms with Crippen molar-refractivity contribution < 1.29 is 4.74 Å². The molecule has 0 unspecified atom stereocenters. The highest BCUT2D eigenvalue weighted by Crippen LogP contribution is 2.30. The largest absolute Gasteiger partial charge is 0.378 e. The van der Waals surface area contributed by atoms with Crippen molar-refractivity contribution in [1.29, 1.82) is 0 Å². The molecule has 0 aliphatic heterocycles. The van der Waals surface area contributed by atoms with Crippen molar-refractivity contribution in [3.05, 3.63) is 57.6 Å². The average Bonchev–Trinajstić information content (AvgIpc) is 3.07. The third-order valence-electron chi connectivity index (χ3n) is 4.73. The summed E-state index contributed by atoms with van der Waals surface area (Å²) in [6, 6.07) is 9.29. The van der Waals surface area contributed by atoms with Crippen molar-refractivity contribution in [2.24, 2.45) is 0 Å². The summed E-state index contributed by atoms with van der Waals surface area (Å²) in [6.07, 6.45) is 1.77. The van der Waals surface area contributed by atoms with Crippen LogP contribution >= 0.6 is 11.6 Å². The first-order valence-corrected chi connectivity index (χ1v) is 9.54. The van der Waals surface area contributed by atoms with Gasteiger partial charge in [0.15, 0.2) is 11.2 Å². The van der Waals surface area contributed by atoms with Crippen LogP contribution in [-0.4, -0.2) is 57.0 Å². The van der Waals surface area contributed by atoms with E-state index in [1.54, 1.807) is 22.4 Å². The van der Waals surface area contributed by atoms with Gasteiger partial charge in [-0.15, -0.1) is 10.2 Å². The molecule has 0 aliphatic rings. The Morgan fingerprint density at radius 1 is 1.14 bits per heavy atom. The molecule has 0 spiro atoms. The lowest BCUT2D eigenvalue weighted by Gasteiger charge is -2.11. The molecule has 3 aromatic heterocycles. The summed E-state index contributed by atoms with van der Waals surface area (Å²) in [6.45, 7) is 1.63. The van der Waals surface area contributed by atoms with E-state index in [0.29, 0.717) is 35.0 Å². The Bertz CT molecular complexity index is 1230. The first-order chi connectivity index (χ1) is 14.0. The number of benzene rings is 1. The maximum Gasteiger partial charge on any atom is 0.280 e. The number of hydrogen-bond donors (Lipinski definition) is 0. The molecule has 0 radical (unpaired) electrons. The number of fused-ring (bicyclic) bond motifs is 3. The van der Waals surface area contributed by atoms with Crippen molar-refractivity contribution in [2.75, 3.05) is 27.7 Å². The van der Waals surface area contributed by atoms with Crippen LogP contribution in [0.25, 0.3) is 27.8 Å². The van der Waals surface area contributed by atoms with Gasteiger partial charge in [-0.2, -0.15) is 5.10 Å². The van der Waals surface area contributed by atoms with Crippen molar-refractivity contribution in [2.45, 2.75) is 13.2 Å². The third-order valence-corrected chi connectivity index (χ3v) is 4.98. The lowest BCUT2D eigenvalue weighted by atomic mass is 10.1. The second-order valence-electron chi connectivity index (χ2n) is 7.05. The minimum absolute atomic E-state index is 0.185. The Hall–Kier alpha value is -2.81. The predicted molar refractivity (Wildman–Crippen MR) is 112 cm³/mol. The molecule has 0 amide bonds. The molecule has 0 fully saturated rings. The molecule has 3 heterocycles. The van der Waals surface area contributed by atoms with Crippen LogP contribution in [0.4, 0.5) is 0 Å². The van der Waals surface area contributed by atoms with Crippen LogP contribution < -0.4 is 5.56 Å². The smallest absolute Gasteiger partial charge is 0.280 e. The van der Waals surface area contributed by atoms with Gasteiger partial charge < -0.3 is 14.2 Å². The second kappa shape index (κ2) is 7.90. The Labute approximate surface area is 172 Å². The standard InChI is InChI=1S/C20H21ClN6O2/c1-25(2)10-11-26-9-8-16-18(20(26)28)22-23-19-17(13-4-6-14(21)7-5-13)15(12-29-3)24-27(16)19/h4-9H,10-12H2,1-3H3. The maximum atomic E-state index is 12.9. The van der Waals surface area contributed by atoms with Gasteiger partial charge in [-0.25, -0.2) is 4.52 Å². The molecule has 29 heavy (non-hydrogen) atoms. The average molecular weight is 413 g/mol. The number of methoxy groups -OCH3 is 1. The summed E-state index contributed by atoms with van der Waals surface area (Å²) in [4.78, 5) is 14.9. The van der Waals surface area contributed by atoms with Crippen molar-refractivity contribution in [1.82, 2.24) is 29.3 Å². The quantitative estimate of drug-likeness (QED) is 0.484. The number of pyridine rings is 1. The molecule has 9 heteroatoms. The van der Waals surface area contributed by atoms with E-state index in [1.807, 2.05) is 49.3 Å². The van der Waals surface area contributed by atoms with Gasteiger partial charge in [-0.3, -0.25) is 4.79 Å². The molecular weight excluding hydrogens is 392 g/mol. The molecule has 1 aromatic carbocycles. The highest BCUT2D eigenvalue weighted by Gasteiger charge is 2.19. The summed E-state index contributed by atoms with van der Waals surface area (Å²) >= 11 is 6.03. The topological polar surface area (TPSA) is 77.5 Å². The van der Waals surface area contributed by atoms with Gasteiger partial charge in [0.05, 0.1) is 17.9 Å². The third kappa shape index (κ3) is 3.62. The summed E-state index contributed by atoms with van der Waals surface area (Å²) < 4.78 is 8.64. The molecular formula is C20H21ClN6O2. The van der Waals surface area contributed by atoms with Gasteiger partial charge in [-0.05, 0) is 37.9 Å². The molecule has 0 saturated carbocycles. The predicted octanol–water partition coefficient (Wildman–Crippen LogP) is 2.47. The van der Waals surface area contributed by atoms with Crippen LogP contribution in [0.5, 0.6) is 0 Å². The normalized spacial score (nSPS) is 11.8. The number of aromatic nitrogens is 5. The second-order valence-corrected chi connectivity index (χ2v) is 7.48. The lowest BCUT2D eigenvalue weighted by Crippen LogP contribution is -2.27. The fourth-order valence-corrected chi connectivity index (χ4v) is 3.39. The molecule has 4 rings (SSSR count). The summed E-state index contributed by atoms with van der Waals surface area (Å²) in [5, 5.41) is 13.9. The summed E-state index contributed by atoms with van der Waals surface area (Å²) in [7, 11) is 5.55. The van der Waals surface area contributed by atoms with E-state index in [9.17, 15) is 4.79 Å². The number of hydrogen-bond acceptors (Lipinski definition) is 6. The van der Waals surface area contributed by atoms with Gasteiger partial charge >= 0.3 is 0 Å². The first-order valence-electron chi connectivity index (χ1n) is 9.16. The van der Waals surface area contributed by atoms with Crippen molar-refractivity contribution in [3.63, 3.8) is 0 Å². The lowest BCUT2D eigenvalue weighted by molar-refractivity contribution is 0.181. The zero-order chi connectivity index (χ0) is 20.5. The van der Waals surface area contributed by atoms with E-state index < -0.39 is 0 Å². The minimum atomic E-state index is -0.185. The van der Waals surface area contributed by atoms with E-state index in [-0.39, 0.29) is 11.1 Å². The number of likely N-dealkylation sites (N-methyl/N-ethyl adjacent to an activating group) is 1. The summed E-state index contributed by atoms with van der Waals surface area (Å²) in [5.74, 6) is 0. The van der Waals surface area contributed by atoms with Crippen LogP contribution in [0.2, 0.25) is 5.02 Å². The van der Waals surface area contributed by atoms with Gasteiger partial charge in [0.25, 0.3) is 5.56 Å². The fourth-order valence-electron chi connectivity index (χ4n) is 3.26. The number of halogens is 1. The summed E-state index contributed by atoms with van der Waals surface area (Å²) in [5.41, 5.74) is 3.71. The number of nitrogens with zero attached hydrogens (tertiary/aromatic N) is 6. The van der Waals surface area contributed by atoms with E-state index in [1.165, 1.54) is 0 Å². The van der Waals surface area contributed by atoms with Crippen LogP contribution in [0.3, 0.4) is 0 Å². The maximum absolute atomic E-state index is 12.9. The highest BCUT2D eigenvalue weighted by atomic mass is 35.5. The van der Waals surface area contributed by atoms with Crippen LogP contribution in [-0.2, 0) is 17.9 Å². The van der Waals surface area contributed by atoms with Crippen LogP contribution in [0.1, 0.15) is 5.69 Å². The van der Waals surface area contributed by atoms with Crippen molar-refractivity contribution >= 4 is 28.3 Å². The van der Waals surface area contributed by atoms with Crippen LogP contribution in [0, 0.1) is 0 Å². The molecule has 4 aromatic rings. The molecule has 0 bridgehead atoms. The zero-order valence-electron chi connectivity index (χ0n) is 16.5. The van der Waals surface area contributed by atoms with Gasteiger partial charge in [0.1, 0.15) is 5.52 Å². The van der Waals surface area contributed by atoms with Gasteiger partial charge in [0, 0.05) is 31.4 Å². The monoisotopic (exact) mass is 412 g/mol. The minimum Gasteiger partial charge on any atom is -0.378 e. The first kappa shape index (κ1) is 19.5. The molecule has 0 atom stereocenters. The fraction of sp³-hybridized carbons (Fsp3) is 0.300. The number of ether oxygens (including phenoxy) is 1. The molecule has 0 N–H and O–H groups in total. The molecule has 0 aliphatic carbocycles. The van der Waals surface area contributed by atoms with Gasteiger partial charge in [-0.1, -0.05) is 23.7 Å². The van der Waals surface area contributed by atoms with Gasteiger partial charge in [0.2, 0.25) is 0 Å². The van der Waals surface area contributed by atoms with E-state index in [4.69, 9.17) is 16.3 Å². The number of rotatable bonds is 6. The Morgan fingerprint density at radius 3 is 2.59 bits per heavy atom.